The average Bonchev–Trinajstić information content (AvgIpc) is 2.95. The first-order valence-corrected chi connectivity index (χ1v) is 7.48. The molecule has 2 aromatic heterocycles. The molecule has 18 heavy (non-hydrogen) atoms. The SMILES string of the molecule is Cn1ccnc1CNS(=O)(=O)c1ccc(CO)s1. The van der Waals surface area contributed by atoms with Crippen LogP contribution in [-0.2, 0) is 30.2 Å². The molecule has 0 aliphatic rings. The molecule has 98 valence electrons. The summed E-state index contributed by atoms with van der Waals surface area (Å²) in [6, 6.07) is 3.08. The lowest BCUT2D eigenvalue weighted by Gasteiger charge is -2.04. The maximum Gasteiger partial charge on any atom is 0.250 e. The number of aliphatic hydroxyl groups is 1. The van der Waals surface area contributed by atoms with Gasteiger partial charge in [-0.05, 0) is 12.1 Å². The highest BCUT2D eigenvalue weighted by Gasteiger charge is 2.17. The highest BCUT2D eigenvalue weighted by atomic mass is 32.2. The first-order valence-electron chi connectivity index (χ1n) is 5.18. The zero-order chi connectivity index (χ0) is 13.2. The second-order valence-electron chi connectivity index (χ2n) is 3.66. The molecule has 0 aromatic carbocycles. The molecule has 0 aliphatic carbocycles. The molecule has 0 fully saturated rings. The minimum absolute atomic E-state index is 0.137. The molecular weight excluding hydrogens is 274 g/mol. The zero-order valence-corrected chi connectivity index (χ0v) is 11.3. The lowest BCUT2D eigenvalue weighted by molar-refractivity contribution is 0.285. The number of hydrogen-bond donors (Lipinski definition) is 2. The zero-order valence-electron chi connectivity index (χ0n) is 9.70. The Bertz CT molecular complexity index is 630. The van der Waals surface area contributed by atoms with Crippen molar-refractivity contribution in [3.8, 4) is 0 Å². The van der Waals surface area contributed by atoms with Crippen LogP contribution in [0.25, 0.3) is 0 Å². The third-order valence-electron chi connectivity index (χ3n) is 2.40. The van der Waals surface area contributed by atoms with Crippen molar-refractivity contribution < 1.29 is 13.5 Å². The molecule has 0 saturated heterocycles. The summed E-state index contributed by atoms with van der Waals surface area (Å²) in [4.78, 5) is 4.65. The van der Waals surface area contributed by atoms with Crippen molar-refractivity contribution in [1.29, 1.82) is 0 Å². The van der Waals surface area contributed by atoms with E-state index in [0.29, 0.717) is 10.7 Å². The second kappa shape index (κ2) is 5.19. The minimum Gasteiger partial charge on any atom is -0.391 e. The first-order chi connectivity index (χ1) is 8.53. The van der Waals surface area contributed by atoms with Gasteiger partial charge in [0.1, 0.15) is 10.0 Å². The van der Waals surface area contributed by atoms with E-state index in [9.17, 15) is 8.42 Å². The Labute approximate surface area is 109 Å². The van der Waals surface area contributed by atoms with E-state index in [1.54, 1.807) is 30.1 Å². The summed E-state index contributed by atoms with van der Waals surface area (Å²) in [5, 5.41) is 8.92. The van der Waals surface area contributed by atoms with Crippen LogP contribution in [0.2, 0.25) is 0 Å². The van der Waals surface area contributed by atoms with Crippen LogP contribution < -0.4 is 4.72 Å². The molecule has 0 spiro atoms. The van der Waals surface area contributed by atoms with Gasteiger partial charge in [-0.3, -0.25) is 0 Å². The Morgan fingerprint density at radius 1 is 1.50 bits per heavy atom. The molecule has 0 atom stereocenters. The topological polar surface area (TPSA) is 84.2 Å². The number of thiophene rings is 1. The number of sulfonamides is 1. The molecule has 0 unspecified atom stereocenters. The Morgan fingerprint density at radius 2 is 2.28 bits per heavy atom. The number of aryl methyl sites for hydroxylation is 1. The summed E-state index contributed by atoms with van der Waals surface area (Å²) in [6.07, 6.45) is 3.36. The lowest BCUT2D eigenvalue weighted by atomic mass is 10.5. The van der Waals surface area contributed by atoms with Crippen molar-refractivity contribution in [2.45, 2.75) is 17.4 Å². The summed E-state index contributed by atoms with van der Waals surface area (Å²) in [5.74, 6) is 0.637. The maximum absolute atomic E-state index is 11.9. The largest absolute Gasteiger partial charge is 0.391 e. The third-order valence-corrected chi connectivity index (χ3v) is 5.36. The van der Waals surface area contributed by atoms with Gasteiger partial charge in [0.25, 0.3) is 0 Å². The molecular formula is C10H13N3O3S2. The van der Waals surface area contributed by atoms with Crippen LogP contribution in [0.4, 0.5) is 0 Å². The molecule has 2 heterocycles. The molecule has 2 aromatic rings. The lowest BCUT2D eigenvalue weighted by Crippen LogP contribution is -2.23. The van der Waals surface area contributed by atoms with Crippen molar-refractivity contribution in [1.82, 2.24) is 14.3 Å². The van der Waals surface area contributed by atoms with E-state index in [1.165, 1.54) is 6.07 Å². The van der Waals surface area contributed by atoms with Crippen molar-refractivity contribution in [3.05, 3.63) is 35.2 Å². The molecule has 2 N–H and O–H groups in total. The van der Waals surface area contributed by atoms with Gasteiger partial charge in [-0.2, -0.15) is 0 Å². The molecule has 2 rings (SSSR count). The summed E-state index contributed by atoms with van der Waals surface area (Å²) in [6.45, 7) is -0.0161. The number of rotatable bonds is 5. The van der Waals surface area contributed by atoms with Crippen LogP contribution in [0.5, 0.6) is 0 Å². The van der Waals surface area contributed by atoms with Gasteiger partial charge in [0.15, 0.2) is 0 Å². The van der Waals surface area contributed by atoms with E-state index in [2.05, 4.69) is 9.71 Å². The molecule has 8 heteroatoms. The van der Waals surface area contributed by atoms with Gasteiger partial charge in [0.05, 0.1) is 13.2 Å². The normalized spacial score (nSPS) is 11.9. The smallest absolute Gasteiger partial charge is 0.250 e. The summed E-state index contributed by atoms with van der Waals surface area (Å²) in [5.41, 5.74) is 0. The number of hydrogen-bond acceptors (Lipinski definition) is 5. The summed E-state index contributed by atoms with van der Waals surface area (Å²) in [7, 11) is -1.74. The van der Waals surface area contributed by atoms with Crippen molar-refractivity contribution in [3.63, 3.8) is 0 Å². The van der Waals surface area contributed by atoms with Crippen LogP contribution in [0, 0.1) is 0 Å². The van der Waals surface area contributed by atoms with Gasteiger partial charge in [-0.1, -0.05) is 0 Å². The van der Waals surface area contributed by atoms with E-state index in [1.807, 2.05) is 0 Å². The predicted molar refractivity (Wildman–Crippen MR) is 67.5 cm³/mol. The fourth-order valence-corrected chi connectivity index (χ4v) is 3.63. The Balaban J connectivity index is 2.10. The van der Waals surface area contributed by atoms with Gasteiger partial charge in [0, 0.05) is 24.3 Å². The third kappa shape index (κ3) is 2.78. The Morgan fingerprint density at radius 3 is 2.83 bits per heavy atom. The fourth-order valence-electron chi connectivity index (χ4n) is 1.39. The van der Waals surface area contributed by atoms with Crippen LogP contribution in [0.1, 0.15) is 10.7 Å². The average molecular weight is 287 g/mol. The van der Waals surface area contributed by atoms with Crippen LogP contribution in [0.3, 0.4) is 0 Å². The van der Waals surface area contributed by atoms with Crippen molar-refractivity contribution in [2.24, 2.45) is 7.05 Å². The molecule has 0 amide bonds. The number of nitrogens with zero attached hydrogens (tertiary/aromatic N) is 2. The van der Waals surface area contributed by atoms with Crippen molar-refractivity contribution >= 4 is 21.4 Å². The minimum atomic E-state index is -3.54. The molecule has 0 aliphatic heterocycles. The van der Waals surface area contributed by atoms with Gasteiger partial charge < -0.3 is 9.67 Å². The highest BCUT2D eigenvalue weighted by molar-refractivity contribution is 7.91. The summed E-state index contributed by atoms with van der Waals surface area (Å²) < 4.78 is 28.3. The maximum atomic E-state index is 11.9. The van der Waals surface area contributed by atoms with Gasteiger partial charge in [-0.15, -0.1) is 11.3 Å². The molecule has 0 bridgehead atoms. The standard InChI is InChI=1S/C10H13N3O3S2/c1-13-5-4-11-9(13)6-12-18(15,16)10-3-2-8(7-14)17-10/h2-5,12,14H,6-7H2,1H3. The molecule has 0 saturated carbocycles. The van der Waals surface area contributed by atoms with Crippen LogP contribution >= 0.6 is 11.3 Å². The predicted octanol–water partition coefficient (Wildman–Crippen LogP) is 0.452. The van der Waals surface area contributed by atoms with E-state index < -0.39 is 10.0 Å². The second-order valence-corrected chi connectivity index (χ2v) is 6.82. The molecule has 0 radical (unpaired) electrons. The van der Waals surface area contributed by atoms with E-state index in [-0.39, 0.29) is 17.4 Å². The first kappa shape index (κ1) is 13.2. The number of aromatic nitrogens is 2. The highest BCUT2D eigenvalue weighted by Crippen LogP contribution is 2.21. The molecule has 6 nitrogen and oxygen atoms in total. The number of imidazole rings is 1. The quantitative estimate of drug-likeness (QED) is 0.836. The van der Waals surface area contributed by atoms with Gasteiger partial charge in [-0.25, -0.2) is 18.1 Å². The van der Waals surface area contributed by atoms with Gasteiger partial charge in [0.2, 0.25) is 10.0 Å². The van der Waals surface area contributed by atoms with E-state index >= 15 is 0 Å². The van der Waals surface area contributed by atoms with Gasteiger partial charge >= 0.3 is 0 Å². The Kier molecular flexibility index (Phi) is 3.81. The number of aliphatic hydroxyl groups excluding tert-OH is 1. The van der Waals surface area contributed by atoms with E-state index in [4.69, 9.17) is 5.11 Å². The fraction of sp³-hybridized carbons (Fsp3) is 0.300. The number of nitrogens with one attached hydrogen (secondary N) is 1. The van der Waals surface area contributed by atoms with Crippen molar-refractivity contribution in [2.75, 3.05) is 0 Å². The summed E-state index contributed by atoms with van der Waals surface area (Å²) >= 11 is 1.05. The van der Waals surface area contributed by atoms with E-state index in [0.717, 1.165) is 11.3 Å². The van der Waals surface area contributed by atoms with Crippen LogP contribution in [-0.4, -0.2) is 23.1 Å². The Hall–Kier alpha value is -1.22. The monoisotopic (exact) mass is 287 g/mol. The van der Waals surface area contributed by atoms with Crippen LogP contribution in [0.15, 0.2) is 28.7 Å².